The molecular formula is C18H17NO. The maximum absolute atomic E-state index is 6.22. The Balaban J connectivity index is 1.86. The molecule has 0 amide bonds. The van der Waals surface area contributed by atoms with E-state index < -0.39 is 0 Å². The molecule has 2 heteroatoms. The van der Waals surface area contributed by atoms with Crippen molar-refractivity contribution in [2.75, 3.05) is 0 Å². The predicted octanol–water partition coefficient (Wildman–Crippen LogP) is 4.30. The van der Waals surface area contributed by atoms with Gasteiger partial charge in [0.15, 0.2) is 0 Å². The average molecular weight is 263 g/mol. The Morgan fingerprint density at radius 3 is 2.05 bits per heavy atom. The summed E-state index contributed by atoms with van der Waals surface area (Å²) in [5.74, 6) is 1.69. The van der Waals surface area contributed by atoms with E-state index in [9.17, 15) is 0 Å². The number of aryl methyl sites for hydroxylation is 1. The van der Waals surface area contributed by atoms with Gasteiger partial charge in [-0.2, -0.15) is 0 Å². The zero-order chi connectivity index (χ0) is 13.9. The van der Waals surface area contributed by atoms with Crippen molar-refractivity contribution in [3.8, 4) is 11.1 Å². The third kappa shape index (κ3) is 2.51. The molecule has 3 aromatic rings. The van der Waals surface area contributed by atoms with Crippen molar-refractivity contribution in [3.05, 3.63) is 83.8 Å². The van der Waals surface area contributed by atoms with E-state index in [0.29, 0.717) is 0 Å². The molecule has 0 aliphatic rings. The Bertz CT molecular complexity index is 683. The highest BCUT2D eigenvalue weighted by atomic mass is 16.3. The molecule has 20 heavy (non-hydrogen) atoms. The quantitative estimate of drug-likeness (QED) is 0.765. The zero-order valence-electron chi connectivity index (χ0n) is 11.4. The van der Waals surface area contributed by atoms with Crippen LogP contribution >= 0.6 is 0 Å². The van der Waals surface area contributed by atoms with Gasteiger partial charge in [0.05, 0.1) is 6.04 Å². The lowest BCUT2D eigenvalue weighted by Gasteiger charge is -2.10. The molecule has 100 valence electrons. The number of hydrogen-bond acceptors (Lipinski definition) is 2. The van der Waals surface area contributed by atoms with Gasteiger partial charge in [0, 0.05) is 0 Å². The number of benzene rings is 2. The van der Waals surface area contributed by atoms with Crippen molar-refractivity contribution in [1.82, 2.24) is 0 Å². The molecular weight excluding hydrogens is 246 g/mol. The Morgan fingerprint density at radius 2 is 1.45 bits per heavy atom. The smallest absolute Gasteiger partial charge is 0.125 e. The van der Waals surface area contributed by atoms with Crippen molar-refractivity contribution < 1.29 is 4.42 Å². The molecule has 1 atom stereocenters. The first kappa shape index (κ1) is 12.7. The van der Waals surface area contributed by atoms with Crippen LogP contribution in [0.4, 0.5) is 0 Å². The van der Waals surface area contributed by atoms with Crippen LogP contribution in [0.5, 0.6) is 0 Å². The van der Waals surface area contributed by atoms with E-state index in [4.69, 9.17) is 10.2 Å². The van der Waals surface area contributed by atoms with Crippen LogP contribution in [0.15, 0.2) is 71.1 Å². The SMILES string of the molecule is Cc1ccc(C(N)c2ccc(-c3ccccc3)cc2)o1. The van der Waals surface area contributed by atoms with Crippen LogP contribution in [0.25, 0.3) is 11.1 Å². The lowest BCUT2D eigenvalue weighted by molar-refractivity contribution is 0.466. The molecule has 0 aliphatic heterocycles. The normalized spacial score (nSPS) is 12.3. The number of rotatable bonds is 3. The van der Waals surface area contributed by atoms with E-state index in [1.165, 1.54) is 11.1 Å². The summed E-state index contributed by atoms with van der Waals surface area (Å²) in [6, 6.07) is 22.3. The van der Waals surface area contributed by atoms with Gasteiger partial charge in [-0.15, -0.1) is 0 Å². The van der Waals surface area contributed by atoms with E-state index in [1.807, 2.05) is 37.3 Å². The molecule has 3 rings (SSSR count). The minimum absolute atomic E-state index is 0.214. The Kier molecular flexibility index (Phi) is 3.40. The summed E-state index contributed by atoms with van der Waals surface area (Å²) < 4.78 is 5.59. The molecule has 0 saturated heterocycles. The second kappa shape index (κ2) is 5.35. The van der Waals surface area contributed by atoms with E-state index in [2.05, 4.69) is 36.4 Å². The summed E-state index contributed by atoms with van der Waals surface area (Å²) in [4.78, 5) is 0. The first-order chi connectivity index (χ1) is 9.74. The summed E-state index contributed by atoms with van der Waals surface area (Å²) >= 11 is 0. The van der Waals surface area contributed by atoms with Crippen LogP contribution in [0.3, 0.4) is 0 Å². The van der Waals surface area contributed by atoms with Gasteiger partial charge in [-0.25, -0.2) is 0 Å². The largest absolute Gasteiger partial charge is 0.464 e. The lowest BCUT2D eigenvalue weighted by Crippen LogP contribution is -2.10. The molecule has 0 bridgehead atoms. The summed E-state index contributed by atoms with van der Waals surface area (Å²) in [5.41, 5.74) is 9.68. The van der Waals surface area contributed by atoms with E-state index in [-0.39, 0.29) is 6.04 Å². The maximum atomic E-state index is 6.22. The highest BCUT2D eigenvalue weighted by Crippen LogP contribution is 2.25. The summed E-state index contributed by atoms with van der Waals surface area (Å²) in [6.07, 6.45) is 0. The molecule has 1 aromatic heterocycles. The van der Waals surface area contributed by atoms with Crippen LogP contribution in [-0.2, 0) is 0 Å². The number of hydrogen-bond donors (Lipinski definition) is 1. The van der Waals surface area contributed by atoms with Crippen molar-refractivity contribution in [2.24, 2.45) is 5.73 Å². The molecule has 0 saturated carbocycles. The van der Waals surface area contributed by atoms with Crippen molar-refractivity contribution >= 4 is 0 Å². The van der Waals surface area contributed by atoms with Gasteiger partial charge in [0.1, 0.15) is 11.5 Å². The molecule has 0 aliphatic carbocycles. The van der Waals surface area contributed by atoms with Gasteiger partial charge in [0.25, 0.3) is 0 Å². The molecule has 0 spiro atoms. The Morgan fingerprint density at radius 1 is 0.800 bits per heavy atom. The maximum Gasteiger partial charge on any atom is 0.125 e. The highest BCUT2D eigenvalue weighted by Gasteiger charge is 2.12. The van der Waals surface area contributed by atoms with Crippen LogP contribution in [-0.4, -0.2) is 0 Å². The zero-order valence-corrected chi connectivity index (χ0v) is 11.4. The molecule has 0 radical (unpaired) electrons. The number of furan rings is 1. The van der Waals surface area contributed by atoms with Gasteiger partial charge < -0.3 is 10.2 Å². The summed E-state index contributed by atoms with van der Waals surface area (Å²) in [5, 5.41) is 0. The van der Waals surface area contributed by atoms with Gasteiger partial charge in [0.2, 0.25) is 0 Å². The molecule has 2 nitrogen and oxygen atoms in total. The molecule has 2 N–H and O–H groups in total. The van der Waals surface area contributed by atoms with E-state index >= 15 is 0 Å². The fourth-order valence-electron chi connectivity index (χ4n) is 2.30. The predicted molar refractivity (Wildman–Crippen MR) is 81.4 cm³/mol. The average Bonchev–Trinajstić information content (AvgIpc) is 2.94. The molecule has 0 fully saturated rings. The van der Waals surface area contributed by atoms with Crippen LogP contribution in [0.2, 0.25) is 0 Å². The number of nitrogens with two attached hydrogens (primary N) is 1. The van der Waals surface area contributed by atoms with Crippen LogP contribution < -0.4 is 5.73 Å². The monoisotopic (exact) mass is 263 g/mol. The van der Waals surface area contributed by atoms with Crippen LogP contribution in [0.1, 0.15) is 23.1 Å². The molecule has 2 aromatic carbocycles. The summed E-state index contributed by atoms with van der Waals surface area (Å²) in [7, 11) is 0. The molecule has 1 unspecified atom stereocenters. The van der Waals surface area contributed by atoms with Gasteiger partial charge >= 0.3 is 0 Å². The minimum atomic E-state index is -0.214. The second-order valence-corrected chi connectivity index (χ2v) is 4.91. The van der Waals surface area contributed by atoms with Crippen molar-refractivity contribution in [1.29, 1.82) is 0 Å². The minimum Gasteiger partial charge on any atom is -0.464 e. The van der Waals surface area contributed by atoms with Crippen molar-refractivity contribution in [3.63, 3.8) is 0 Å². The third-order valence-electron chi connectivity index (χ3n) is 3.44. The topological polar surface area (TPSA) is 39.2 Å². The molecule has 1 heterocycles. The third-order valence-corrected chi connectivity index (χ3v) is 3.44. The van der Waals surface area contributed by atoms with Gasteiger partial charge in [-0.1, -0.05) is 54.6 Å². The Hall–Kier alpha value is -2.32. The highest BCUT2D eigenvalue weighted by molar-refractivity contribution is 5.63. The first-order valence-corrected chi connectivity index (χ1v) is 6.71. The standard InChI is InChI=1S/C18H17NO/c1-13-7-12-17(20-13)18(19)16-10-8-15(9-11-16)14-5-3-2-4-6-14/h2-12,18H,19H2,1H3. The fourth-order valence-corrected chi connectivity index (χ4v) is 2.30. The Labute approximate surface area is 118 Å². The van der Waals surface area contributed by atoms with Gasteiger partial charge in [-0.05, 0) is 35.7 Å². The van der Waals surface area contributed by atoms with E-state index in [0.717, 1.165) is 17.1 Å². The fraction of sp³-hybridized carbons (Fsp3) is 0.111. The lowest BCUT2D eigenvalue weighted by atomic mass is 10.0. The van der Waals surface area contributed by atoms with Gasteiger partial charge in [-0.3, -0.25) is 0 Å². The second-order valence-electron chi connectivity index (χ2n) is 4.91. The first-order valence-electron chi connectivity index (χ1n) is 6.71. The summed E-state index contributed by atoms with van der Waals surface area (Å²) in [6.45, 7) is 1.93. The van der Waals surface area contributed by atoms with E-state index in [1.54, 1.807) is 0 Å². The van der Waals surface area contributed by atoms with Crippen molar-refractivity contribution in [2.45, 2.75) is 13.0 Å². The van der Waals surface area contributed by atoms with Crippen LogP contribution in [0, 0.1) is 6.92 Å².